The summed E-state index contributed by atoms with van der Waals surface area (Å²) in [6, 6.07) is 4.19. The Labute approximate surface area is 90.5 Å². The monoisotopic (exact) mass is 206 g/mol. The van der Waals surface area contributed by atoms with Crippen molar-refractivity contribution in [1.29, 1.82) is 0 Å². The summed E-state index contributed by atoms with van der Waals surface area (Å²) in [5, 5.41) is 12.6. The molecular weight excluding hydrogens is 188 g/mol. The number of pyridine rings is 1. The van der Waals surface area contributed by atoms with Crippen LogP contribution in [0, 0.1) is 5.92 Å². The fraction of sp³-hybridized carbons (Fsp3) is 0.583. The van der Waals surface area contributed by atoms with Gasteiger partial charge in [-0.25, -0.2) is 0 Å². The molecule has 0 aliphatic heterocycles. The molecule has 2 N–H and O–H groups in total. The van der Waals surface area contributed by atoms with Gasteiger partial charge in [-0.2, -0.15) is 0 Å². The molecule has 0 bridgehead atoms. The van der Waals surface area contributed by atoms with Crippen molar-refractivity contribution >= 4 is 0 Å². The van der Waals surface area contributed by atoms with Crippen LogP contribution in [0.3, 0.4) is 0 Å². The van der Waals surface area contributed by atoms with E-state index in [4.69, 9.17) is 5.11 Å². The Morgan fingerprint density at radius 3 is 2.93 bits per heavy atom. The van der Waals surface area contributed by atoms with Gasteiger partial charge in [-0.1, -0.05) is 6.92 Å². The van der Waals surface area contributed by atoms with Gasteiger partial charge < -0.3 is 10.4 Å². The summed E-state index contributed by atoms with van der Waals surface area (Å²) in [6.45, 7) is 3.11. The first-order valence-electron chi connectivity index (χ1n) is 5.61. The zero-order valence-electron chi connectivity index (χ0n) is 9.11. The Balaban J connectivity index is 1.80. The van der Waals surface area contributed by atoms with Crippen LogP contribution in [0.5, 0.6) is 5.75 Å². The lowest BCUT2D eigenvalue weighted by Gasteiger charge is -2.11. The van der Waals surface area contributed by atoms with Gasteiger partial charge in [0.15, 0.2) is 0 Å². The van der Waals surface area contributed by atoms with Gasteiger partial charge in [-0.3, -0.25) is 4.98 Å². The van der Waals surface area contributed by atoms with Crippen molar-refractivity contribution in [3.63, 3.8) is 0 Å². The van der Waals surface area contributed by atoms with Crippen molar-refractivity contribution in [2.45, 2.75) is 38.8 Å². The average molecular weight is 206 g/mol. The first-order valence-corrected chi connectivity index (χ1v) is 5.61. The number of nitrogens with one attached hydrogen (secondary N) is 1. The molecule has 15 heavy (non-hydrogen) atoms. The molecule has 3 heteroatoms. The number of rotatable bonds is 3. The minimum atomic E-state index is 0.230. The van der Waals surface area contributed by atoms with Crippen LogP contribution in [-0.4, -0.2) is 16.1 Å². The largest absolute Gasteiger partial charge is 0.506 e. The van der Waals surface area contributed by atoms with Crippen LogP contribution >= 0.6 is 0 Å². The van der Waals surface area contributed by atoms with Crippen molar-refractivity contribution in [2.24, 2.45) is 5.92 Å². The van der Waals surface area contributed by atoms with E-state index in [-0.39, 0.29) is 5.75 Å². The molecule has 1 aromatic heterocycles. The summed E-state index contributed by atoms with van der Waals surface area (Å²) in [6.07, 6.45) is 5.38. The summed E-state index contributed by atoms with van der Waals surface area (Å²) in [5.74, 6) is 1.09. The third-order valence-corrected chi connectivity index (χ3v) is 3.08. The molecule has 1 fully saturated rings. The Bertz CT molecular complexity index is 310. The number of aromatic hydroxyl groups is 1. The van der Waals surface area contributed by atoms with E-state index in [1.165, 1.54) is 25.5 Å². The molecule has 2 atom stereocenters. The number of hydrogen-bond acceptors (Lipinski definition) is 3. The highest BCUT2D eigenvalue weighted by Crippen LogP contribution is 2.24. The lowest BCUT2D eigenvalue weighted by molar-refractivity contribution is 0.469. The molecule has 1 saturated carbocycles. The zero-order chi connectivity index (χ0) is 10.7. The smallest absolute Gasteiger partial charge is 0.133 e. The van der Waals surface area contributed by atoms with Crippen LogP contribution in [0.2, 0.25) is 0 Å². The SMILES string of the molecule is CC1CCC(NCc2ccc(O)cn2)C1. The highest BCUT2D eigenvalue weighted by atomic mass is 16.3. The number of nitrogens with zero attached hydrogens (tertiary/aromatic N) is 1. The summed E-state index contributed by atoms with van der Waals surface area (Å²) < 4.78 is 0. The normalized spacial score (nSPS) is 25.7. The van der Waals surface area contributed by atoms with Gasteiger partial charge >= 0.3 is 0 Å². The second-order valence-electron chi connectivity index (χ2n) is 4.50. The van der Waals surface area contributed by atoms with E-state index in [0.29, 0.717) is 6.04 Å². The second kappa shape index (κ2) is 4.62. The quantitative estimate of drug-likeness (QED) is 0.795. The molecule has 0 saturated heterocycles. The van der Waals surface area contributed by atoms with Gasteiger partial charge in [0.25, 0.3) is 0 Å². The van der Waals surface area contributed by atoms with Crippen LogP contribution in [0.15, 0.2) is 18.3 Å². The van der Waals surface area contributed by atoms with Gasteiger partial charge in [0.2, 0.25) is 0 Å². The maximum atomic E-state index is 9.09. The third-order valence-electron chi connectivity index (χ3n) is 3.08. The third kappa shape index (κ3) is 2.93. The fourth-order valence-corrected chi connectivity index (χ4v) is 2.16. The van der Waals surface area contributed by atoms with E-state index in [0.717, 1.165) is 18.2 Å². The Morgan fingerprint density at radius 2 is 2.33 bits per heavy atom. The number of aromatic nitrogens is 1. The average Bonchev–Trinajstić information content (AvgIpc) is 2.64. The lowest BCUT2D eigenvalue weighted by atomic mass is 10.1. The maximum absolute atomic E-state index is 9.09. The van der Waals surface area contributed by atoms with Gasteiger partial charge in [0.05, 0.1) is 11.9 Å². The molecule has 0 aromatic carbocycles. The van der Waals surface area contributed by atoms with Crippen molar-refractivity contribution in [3.8, 4) is 5.75 Å². The van der Waals surface area contributed by atoms with Crippen LogP contribution in [0.1, 0.15) is 31.9 Å². The minimum absolute atomic E-state index is 0.230. The summed E-state index contributed by atoms with van der Waals surface area (Å²) >= 11 is 0. The molecule has 2 rings (SSSR count). The van der Waals surface area contributed by atoms with E-state index in [2.05, 4.69) is 17.2 Å². The summed E-state index contributed by atoms with van der Waals surface area (Å²) in [7, 11) is 0. The molecule has 3 nitrogen and oxygen atoms in total. The van der Waals surface area contributed by atoms with E-state index in [1.54, 1.807) is 6.07 Å². The van der Waals surface area contributed by atoms with Crippen molar-refractivity contribution in [1.82, 2.24) is 10.3 Å². The number of hydrogen-bond donors (Lipinski definition) is 2. The Kier molecular flexibility index (Phi) is 3.21. The van der Waals surface area contributed by atoms with Crippen LogP contribution in [-0.2, 0) is 6.54 Å². The van der Waals surface area contributed by atoms with Crippen LogP contribution < -0.4 is 5.32 Å². The molecule has 0 amide bonds. The van der Waals surface area contributed by atoms with E-state index in [1.807, 2.05) is 6.07 Å². The lowest BCUT2D eigenvalue weighted by Crippen LogP contribution is -2.26. The molecule has 1 aliphatic carbocycles. The zero-order valence-corrected chi connectivity index (χ0v) is 9.11. The predicted octanol–water partition coefficient (Wildman–Crippen LogP) is 2.07. The molecule has 1 aromatic rings. The van der Waals surface area contributed by atoms with Crippen LogP contribution in [0.4, 0.5) is 0 Å². The molecule has 82 valence electrons. The minimum Gasteiger partial charge on any atom is -0.506 e. The van der Waals surface area contributed by atoms with Gasteiger partial charge in [0, 0.05) is 12.6 Å². The first kappa shape index (κ1) is 10.4. The van der Waals surface area contributed by atoms with Gasteiger partial charge in [-0.15, -0.1) is 0 Å². The highest BCUT2D eigenvalue weighted by Gasteiger charge is 2.20. The first-order chi connectivity index (χ1) is 7.24. The van der Waals surface area contributed by atoms with E-state index < -0.39 is 0 Å². The summed E-state index contributed by atoms with van der Waals surface area (Å²) in [4.78, 5) is 4.15. The Hall–Kier alpha value is -1.09. The summed E-state index contributed by atoms with van der Waals surface area (Å²) in [5.41, 5.74) is 0.993. The molecule has 1 heterocycles. The van der Waals surface area contributed by atoms with E-state index >= 15 is 0 Å². The van der Waals surface area contributed by atoms with E-state index in [9.17, 15) is 0 Å². The fourth-order valence-electron chi connectivity index (χ4n) is 2.16. The maximum Gasteiger partial charge on any atom is 0.133 e. The highest BCUT2D eigenvalue weighted by molar-refractivity contribution is 5.17. The second-order valence-corrected chi connectivity index (χ2v) is 4.50. The molecule has 0 radical (unpaired) electrons. The standard InChI is InChI=1S/C12H18N2O/c1-9-2-3-10(6-9)13-7-11-4-5-12(15)8-14-11/h4-5,8-10,13,15H,2-3,6-7H2,1H3. The van der Waals surface area contributed by atoms with Crippen LogP contribution in [0.25, 0.3) is 0 Å². The van der Waals surface area contributed by atoms with Gasteiger partial charge in [-0.05, 0) is 37.3 Å². The predicted molar refractivity (Wildman–Crippen MR) is 59.5 cm³/mol. The Morgan fingerprint density at radius 1 is 1.47 bits per heavy atom. The van der Waals surface area contributed by atoms with Crippen molar-refractivity contribution in [3.05, 3.63) is 24.0 Å². The van der Waals surface area contributed by atoms with Crippen molar-refractivity contribution < 1.29 is 5.11 Å². The molecule has 2 unspecified atom stereocenters. The van der Waals surface area contributed by atoms with Crippen molar-refractivity contribution in [2.75, 3.05) is 0 Å². The molecular formula is C12H18N2O. The molecule has 0 spiro atoms. The molecule has 1 aliphatic rings. The topological polar surface area (TPSA) is 45.1 Å². The van der Waals surface area contributed by atoms with Gasteiger partial charge in [0.1, 0.15) is 5.75 Å².